The van der Waals surface area contributed by atoms with Crippen LogP contribution in [0.15, 0.2) is 56.6 Å². The zero-order valence-electron chi connectivity index (χ0n) is 15.4. The van der Waals surface area contributed by atoms with Crippen molar-refractivity contribution in [2.45, 2.75) is 11.4 Å². The van der Waals surface area contributed by atoms with Crippen LogP contribution in [0.4, 0.5) is 0 Å². The third-order valence-corrected chi connectivity index (χ3v) is 7.95. The Morgan fingerprint density at radius 3 is 2.41 bits per heavy atom. The number of rotatable bonds is 5. The molecule has 0 unspecified atom stereocenters. The fraction of sp³-hybridized carbons (Fsp3) is 0.316. The van der Waals surface area contributed by atoms with E-state index in [1.54, 1.807) is 22.8 Å². The average molecular weight is 456 g/mol. The van der Waals surface area contributed by atoms with Crippen molar-refractivity contribution < 1.29 is 12.8 Å². The van der Waals surface area contributed by atoms with Crippen molar-refractivity contribution in [3.63, 3.8) is 0 Å². The zero-order chi connectivity index (χ0) is 20.6. The molecule has 3 aromatic rings. The number of aromatic nitrogens is 1. The van der Waals surface area contributed by atoms with Gasteiger partial charge in [0.25, 0.3) is 0 Å². The molecule has 1 aliphatic heterocycles. The highest BCUT2D eigenvalue weighted by molar-refractivity contribution is 7.89. The average Bonchev–Trinajstić information content (AvgIpc) is 3.03. The molecule has 29 heavy (non-hydrogen) atoms. The van der Waals surface area contributed by atoms with Crippen LogP contribution in [0.25, 0.3) is 11.1 Å². The van der Waals surface area contributed by atoms with E-state index in [1.165, 1.54) is 10.4 Å². The zero-order valence-corrected chi connectivity index (χ0v) is 17.8. The first-order valence-electron chi connectivity index (χ1n) is 9.13. The second kappa shape index (κ2) is 8.12. The van der Waals surface area contributed by atoms with Crippen LogP contribution in [0.1, 0.15) is 0 Å². The lowest BCUT2D eigenvalue weighted by Gasteiger charge is -2.34. The van der Waals surface area contributed by atoms with Crippen LogP contribution in [0.5, 0.6) is 0 Å². The van der Waals surface area contributed by atoms with Crippen LogP contribution < -0.4 is 5.76 Å². The molecule has 1 aromatic heterocycles. The van der Waals surface area contributed by atoms with Gasteiger partial charge >= 0.3 is 5.76 Å². The van der Waals surface area contributed by atoms with Crippen molar-refractivity contribution in [2.75, 3.05) is 32.7 Å². The van der Waals surface area contributed by atoms with Gasteiger partial charge in [0.05, 0.1) is 15.6 Å². The Labute approximate surface area is 178 Å². The Morgan fingerprint density at radius 2 is 1.66 bits per heavy atom. The smallest absolute Gasteiger partial charge is 0.408 e. The topological polar surface area (TPSA) is 75.8 Å². The Kier molecular flexibility index (Phi) is 5.72. The predicted molar refractivity (Wildman–Crippen MR) is 112 cm³/mol. The summed E-state index contributed by atoms with van der Waals surface area (Å²) in [5, 5.41) is 0.256. The number of nitrogens with zero attached hydrogens (tertiary/aromatic N) is 3. The van der Waals surface area contributed by atoms with Gasteiger partial charge < -0.3 is 4.42 Å². The van der Waals surface area contributed by atoms with Gasteiger partial charge in [-0.05, 0) is 24.3 Å². The number of sulfonamides is 1. The molecule has 0 radical (unpaired) electrons. The van der Waals surface area contributed by atoms with E-state index in [0.717, 1.165) is 5.52 Å². The van der Waals surface area contributed by atoms with Crippen LogP contribution in [0.2, 0.25) is 10.0 Å². The van der Waals surface area contributed by atoms with Gasteiger partial charge in [-0.3, -0.25) is 9.47 Å². The van der Waals surface area contributed by atoms with Crippen LogP contribution in [0, 0.1) is 0 Å². The number of oxazole rings is 1. The number of hydrogen-bond donors (Lipinski definition) is 0. The first-order valence-corrected chi connectivity index (χ1v) is 11.3. The maximum Gasteiger partial charge on any atom is 0.419 e. The molecule has 1 aliphatic rings. The minimum atomic E-state index is -3.71. The number of halogens is 2. The van der Waals surface area contributed by atoms with Crippen molar-refractivity contribution in [3.8, 4) is 0 Å². The lowest BCUT2D eigenvalue weighted by molar-refractivity contribution is 0.182. The van der Waals surface area contributed by atoms with Crippen LogP contribution in [-0.2, 0) is 16.6 Å². The predicted octanol–water partition coefficient (Wildman–Crippen LogP) is 2.91. The highest BCUT2D eigenvalue weighted by atomic mass is 35.5. The number of para-hydroxylation sites is 2. The SMILES string of the molecule is O=c1oc2ccccc2n1CCN1CCN(S(=O)(=O)c2cccc(Cl)c2Cl)CC1. The van der Waals surface area contributed by atoms with Gasteiger partial charge in [-0.15, -0.1) is 0 Å². The molecule has 10 heteroatoms. The van der Waals surface area contributed by atoms with Gasteiger partial charge in [0, 0.05) is 39.3 Å². The first-order chi connectivity index (χ1) is 13.9. The summed E-state index contributed by atoms with van der Waals surface area (Å²) in [5.41, 5.74) is 1.32. The maximum absolute atomic E-state index is 12.9. The van der Waals surface area contributed by atoms with E-state index in [4.69, 9.17) is 27.6 Å². The van der Waals surface area contributed by atoms with Crippen molar-refractivity contribution in [2.24, 2.45) is 0 Å². The summed E-state index contributed by atoms with van der Waals surface area (Å²) in [5.74, 6) is -0.386. The van der Waals surface area contributed by atoms with E-state index in [1.807, 2.05) is 18.2 Å². The molecule has 7 nitrogen and oxygen atoms in total. The molecule has 1 saturated heterocycles. The molecular weight excluding hydrogens is 437 g/mol. The lowest BCUT2D eigenvalue weighted by atomic mass is 10.3. The minimum absolute atomic E-state index is 0.0246. The number of hydrogen-bond acceptors (Lipinski definition) is 5. The molecule has 0 atom stereocenters. The van der Waals surface area contributed by atoms with E-state index >= 15 is 0 Å². The van der Waals surface area contributed by atoms with Crippen molar-refractivity contribution >= 4 is 44.3 Å². The molecule has 1 fully saturated rings. The van der Waals surface area contributed by atoms with Crippen molar-refractivity contribution in [3.05, 3.63) is 63.1 Å². The lowest BCUT2D eigenvalue weighted by Crippen LogP contribution is -2.49. The van der Waals surface area contributed by atoms with E-state index in [9.17, 15) is 13.2 Å². The van der Waals surface area contributed by atoms with Crippen molar-refractivity contribution in [1.82, 2.24) is 13.8 Å². The van der Waals surface area contributed by atoms with Crippen molar-refractivity contribution in [1.29, 1.82) is 0 Å². The quantitative estimate of drug-likeness (QED) is 0.590. The highest BCUT2D eigenvalue weighted by Crippen LogP contribution is 2.31. The Morgan fingerprint density at radius 1 is 0.931 bits per heavy atom. The molecule has 0 bridgehead atoms. The molecule has 154 valence electrons. The fourth-order valence-corrected chi connectivity index (χ4v) is 5.64. The van der Waals surface area contributed by atoms with Gasteiger partial charge in [-0.25, -0.2) is 13.2 Å². The Balaban J connectivity index is 1.41. The first kappa shape index (κ1) is 20.4. The van der Waals surface area contributed by atoms with Gasteiger partial charge in [0.2, 0.25) is 10.0 Å². The molecule has 0 amide bonds. The van der Waals surface area contributed by atoms with Gasteiger partial charge in [-0.2, -0.15) is 4.31 Å². The third kappa shape index (κ3) is 3.95. The summed E-state index contributed by atoms with van der Waals surface area (Å²) in [4.78, 5) is 14.2. The van der Waals surface area contributed by atoms with Gasteiger partial charge in [0.1, 0.15) is 4.90 Å². The minimum Gasteiger partial charge on any atom is -0.408 e. The normalized spacial score (nSPS) is 16.5. The second-order valence-electron chi connectivity index (χ2n) is 6.79. The van der Waals surface area contributed by atoms with E-state index in [2.05, 4.69) is 4.90 Å². The summed E-state index contributed by atoms with van der Waals surface area (Å²) in [6, 6.07) is 11.9. The summed E-state index contributed by atoms with van der Waals surface area (Å²) >= 11 is 12.1. The molecule has 2 heterocycles. The van der Waals surface area contributed by atoms with Crippen LogP contribution in [0.3, 0.4) is 0 Å². The summed E-state index contributed by atoms with van der Waals surface area (Å²) in [6.45, 7) is 2.89. The molecule has 0 saturated carbocycles. The van der Waals surface area contributed by atoms with Gasteiger partial charge in [0.15, 0.2) is 5.58 Å². The standard InChI is InChI=1S/C19H19Cl2N3O4S/c20-14-4-3-7-17(18(14)21)29(26,27)23-11-8-22(9-12-23)10-13-24-15-5-1-2-6-16(15)28-19(24)25/h1-7H,8-13H2. The number of fused-ring (bicyclic) bond motifs is 1. The van der Waals surface area contributed by atoms with Crippen LogP contribution in [-0.4, -0.2) is 54.9 Å². The molecular formula is C19H19Cl2N3O4S. The van der Waals surface area contributed by atoms with E-state index in [-0.39, 0.29) is 20.7 Å². The second-order valence-corrected chi connectivity index (χ2v) is 9.48. The third-order valence-electron chi connectivity index (χ3n) is 5.08. The molecule has 0 N–H and O–H groups in total. The summed E-state index contributed by atoms with van der Waals surface area (Å²) < 4.78 is 34.1. The highest BCUT2D eigenvalue weighted by Gasteiger charge is 2.30. The molecule has 2 aromatic carbocycles. The van der Waals surface area contributed by atoms with Crippen LogP contribution >= 0.6 is 23.2 Å². The summed E-state index contributed by atoms with van der Waals surface area (Å²) in [6.07, 6.45) is 0. The largest absolute Gasteiger partial charge is 0.419 e. The monoisotopic (exact) mass is 455 g/mol. The fourth-order valence-electron chi connectivity index (χ4n) is 3.48. The van der Waals surface area contributed by atoms with E-state index < -0.39 is 10.0 Å². The molecule has 0 aliphatic carbocycles. The Bertz CT molecular complexity index is 1200. The summed E-state index contributed by atoms with van der Waals surface area (Å²) in [7, 11) is -3.71. The van der Waals surface area contributed by atoms with Gasteiger partial charge in [-0.1, -0.05) is 41.4 Å². The number of benzene rings is 2. The molecule has 4 rings (SSSR count). The maximum atomic E-state index is 12.9. The Hall–Kier alpha value is -1.84. The van der Waals surface area contributed by atoms with E-state index in [0.29, 0.717) is 44.9 Å². The molecule has 0 spiro atoms. The number of piperazine rings is 1.